The number of rotatable bonds is 3. The van der Waals surface area contributed by atoms with Gasteiger partial charge in [0.15, 0.2) is 4.34 Å². The van der Waals surface area contributed by atoms with E-state index in [0.717, 1.165) is 27.1 Å². The first-order chi connectivity index (χ1) is 7.16. The SMILES string of the molecule is Cc1noc(C)c1CSc1nnc(N)s1. The zero-order chi connectivity index (χ0) is 10.8. The van der Waals surface area contributed by atoms with E-state index in [9.17, 15) is 0 Å². The van der Waals surface area contributed by atoms with Crippen LogP contribution < -0.4 is 5.73 Å². The highest BCUT2D eigenvalue weighted by molar-refractivity contribution is 8.00. The summed E-state index contributed by atoms with van der Waals surface area (Å²) in [5.74, 6) is 1.65. The van der Waals surface area contributed by atoms with E-state index in [2.05, 4.69) is 15.4 Å². The Hall–Kier alpha value is -1.08. The average molecular weight is 242 g/mol. The highest BCUT2D eigenvalue weighted by atomic mass is 32.2. The molecule has 0 radical (unpaired) electrons. The molecular weight excluding hydrogens is 232 g/mol. The molecule has 15 heavy (non-hydrogen) atoms. The lowest BCUT2D eigenvalue weighted by Crippen LogP contribution is -1.84. The highest BCUT2D eigenvalue weighted by Gasteiger charge is 2.10. The van der Waals surface area contributed by atoms with Crippen LogP contribution in [0.2, 0.25) is 0 Å². The Labute approximate surface area is 95.1 Å². The van der Waals surface area contributed by atoms with Crippen molar-refractivity contribution >= 4 is 28.2 Å². The molecule has 2 N–H and O–H groups in total. The molecule has 0 spiro atoms. The predicted molar refractivity (Wildman–Crippen MR) is 59.9 cm³/mol. The molecular formula is C8H10N4OS2. The quantitative estimate of drug-likeness (QED) is 0.830. The molecule has 0 unspecified atom stereocenters. The average Bonchev–Trinajstić information content (AvgIpc) is 2.73. The standard InChI is InChI=1S/C8H10N4OS2/c1-4-6(5(2)13-12-4)3-14-8-11-10-7(9)15-8/h3H2,1-2H3,(H2,9,10). The Morgan fingerprint density at radius 3 is 2.73 bits per heavy atom. The molecule has 0 bridgehead atoms. The Balaban J connectivity index is 2.05. The molecule has 0 aliphatic carbocycles. The molecule has 0 aliphatic rings. The van der Waals surface area contributed by atoms with Gasteiger partial charge in [0.05, 0.1) is 5.69 Å². The van der Waals surface area contributed by atoms with E-state index in [0.29, 0.717) is 5.13 Å². The van der Waals surface area contributed by atoms with Gasteiger partial charge in [-0.2, -0.15) is 0 Å². The summed E-state index contributed by atoms with van der Waals surface area (Å²) in [6, 6.07) is 0. The van der Waals surface area contributed by atoms with Crippen molar-refractivity contribution < 1.29 is 4.52 Å². The molecule has 80 valence electrons. The topological polar surface area (TPSA) is 77.8 Å². The van der Waals surface area contributed by atoms with Crippen LogP contribution in [0.15, 0.2) is 8.86 Å². The van der Waals surface area contributed by atoms with Crippen LogP contribution in [-0.4, -0.2) is 15.4 Å². The van der Waals surface area contributed by atoms with Crippen LogP contribution in [0.5, 0.6) is 0 Å². The van der Waals surface area contributed by atoms with Crippen molar-refractivity contribution in [3.05, 3.63) is 17.0 Å². The van der Waals surface area contributed by atoms with Crippen LogP contribution in [0, 0.1) is 13.8 Å². The zero-order valence-corrected chi connectivity index (χ0v) is 9.98. The number of thioether (sulfide) groups is 1. The second-order valence-electron chi connectivity index (χ2n) is 3.00. The number of aromatic nitrogens is 3. The first kappa shape index (κ1) is 10.4. The minimum Gasteiger partial charge on any atom is -0.374 e. The van der Waals surface area contributed by atoms with Crippen molar-refractivity contribution in [3.8, 4) is 0 Å². The maximum Gasteiger partial charge on any atom is 0.203 e. The molecule has 5 nitrogen and oxygen atoms in total. The molecule has 0 saturated carbocycles. The third kappa shape index (κ3) is 2.29. The second kappa shape index (κ2) is 4.19. The number of aryl methyl sites for hydroxylation is 2. The van der Waals surface area contributed by atoms with Crippen LogP contribution in [0.4, 0.5) is 5.13 Å². The highest BCUT2D eigenvalue weighted by Crippen LogP contribution is 2.28. The van der Waals surface area contributed by atoms with Gasteiger partial charge in [-0.25, -0.2) is 0 Å². The van der Waals surface area contributed by atoms with Crippen molar-refractivity contribution in [2.45, 2.75) is 23.9 Å². The van der Waals surface area contributed by atoms with Crippen LogP contribution in [0.3, 0.4) is 0 Å². The van der Waals surface area contributed by atoms with Gasteiger partial charge in [-0.05, 0) is 13.8 Å². The third-order valence-electron chi connectivity index (χ3n) is 1.94. The first-order valence-electron chi connectivity index (χ1n) is 4.30. The summed E-state index contributed by atoms with van der Waals surface area (Å²) in [4.78, 5) is 0. The third-order valence-corrected chi connectivity index (χ3v) is 3.86. The summed E-state index contributed by atoms with van der Waals surface area (Å²) in [5.41, 5.74) is 7.54. The molecule has 0 saturated heterocycles. The molecule has 0 aromatic carbocycles. The van der Waals surface area contributed by atoms with Crippen molar-refractivity contribution in [1.29, 1.82) is 0 Å². The molecule has 0 atom stereocenters. The van der Waals surface area contributed by atoms with E-state index in [1.54, 1.807) is 11.8 Å². The van der Waals surface area contributed by atoms with Gasteiger partial charge in [0.2, 0.25) is 5.13 Å². The van der Waals surface area contributed by atoms with Gasteiger partial charge in [0, 0.05) is 11.3 Å². The lowest BCUT2D eigenvalue weighted by Gasteiger charge is -1.95. The maximum atomic E-state index is 5.49. The van der Waals surface area contributed by atoms with Gasteiger partial charge >= 0.3 is 0 Å². The summed E-state index contributed by atoms with van der Waals surface area (Å²) < 4.78 is 5.94. The number of anilines is 1. The number of nitrogens with zero attached hydrogens (tertiary/aromatic N) is 3. The zero-order valence-electron chi connectivity index (χ0n) is 8.35. The molecule has 2 aromatic rings. The largest absolute Gasteiger partial charge is 0.374 e. The maximum absolute atomic E-state index is 5.49. The van der Waals surface area contributed by atoms with Gasteiger partial charge in [0.1, 0.15) is 5.76 Å². The van der Waals surface area contributed by atoms with Gasteiger partial charge in [-0.3, -0.25) is 0 Å². The van der Waals surface area contributed by atoms with Crippen molar-refractivity contribution in [2.24, 2.45) is 0 Å². The Morgan fingerprint density at radius 2 is 2.20 bits per heavy atom. The Bertz CT molecular complexity index is 445. The summed E-state index contributed by atoms with van der Waals surface area (Å²) in [5, 5.41) is 12.1. The van der Waals surface area contributed by atoms with E-state index >= 15 is 0 Å². The van der Waals surface area contributed by atoms with Crippen LogP contribution in [-0.2, 0) is 5.75 Å². The molecule has 0 amide bonds. The fourth-order valence-electron chi connectivity index (χ4n) is 1.12. The van der Waals surface area contributed by atoms with Crippen LogP contribution in [0.1, 0.15) is 17.0 Å². The molecule has 7 heteroatoms. The number of nitrogens with two attached hydrogens (primary N) is 1. The lowest BCUT2D eigenvalue weighted by molar-refractivity contribution is 0.392. The normalized spacial score (nSPS) is 10.8. The summed E-state index contributed by atoms with van der Waals surface area (Å²) in [7, 11) is 0. The number of nitrogen functional groups attached to an aromatic ring is 1. The minimum atomic E-state index is 0.497. The van der Waals surface area contributed by atoms with Crippen LogP contribution >= 0.6 is 23.1 Å². The van der Waals surface area contributed by atoms with E-state index in [-0.39, 0.29) is 0 Å². The van der Waals surface area contributed by atoms with Crippen molar-refractivity contribution in [3.63, 3.8) is 0 Å². The minimum absolute atomic E-state index is 0.497. The fourth-order valence-corrected chi connectivity index (χ4v) is 2.91. The van der Waals surface area contributed by atoms with Gasteiger partial charge in [-0.15, -0.1) is 10.2 Å². The number of hydrogen-bond acceptors (Lipinski definition) is 7. The summed E-state index contributed by atoms with van der Waals surface area (Å²) >= 11 is 2.98. The Kier molecular flexibility index (Phi) is 2.92. The lowest BCUT2D eigenvalue weighted by atomic mass is 10.2. The molecule has 2 heterocycles. The van der Waals surface area contributed by atoms with Gasteiger partial charge < -0.3 is 10.3 Å². The molecule has 0 fully saturated rings. The van der Waals surface area contributed by atoms with Gasteiger partial charge in [-0.1, -0.05) is 28.3 Å². The summed E-state index contributed by atoms with van der Waals surface area (Å²) in [6.45, 7) is 3.84. The van der Waals surface area contributed by atoms with E-state index in [4.69, 9.17) is 10.3 Å². The molecule has 2 rings (SSSR count). The van der Waals surface area contributed by atoms with E-state index < -0.39 is 0 Å². The molecule has 0 aliphatic heterocycles. The fraction of sp³-hybridized carbons (Fsp3) is 0.375. The van der Waals surface area contributed by atoms with Crippen molar-refractivity contribution in [1.82, 2.24) is 15.4 Å². The first-order valence-corrected chi connectivity index (χ1v) is 6.10. The van der Waals surface area contributed by atoms with Crippen molar-refractivity contribution in [2.75, 3.05) is 5.73 Å². The second-order valence-corrected chi connectivity index (χ2v) is 5.23. The molecule has 2 aromatic heterocycles. The summed E-state index contributed by atoms with van der Waals surface area (Å²) in [6.07, 6.45) is 0. The Morgan fingerprint density at radius 1 is 1.40 bits per heavy atom. The van der Waals surface area contributed by atoms with E-state index in [1.165, 1.54) is 11.3 Å². The van der Waals surface area contributed by atoms with Crippen LogP contribution in [0.25, 0.3) is 0 Å². The predicted octanol–water partition coefficient (Wildman–Crippen LogP) is 2.02. The monoisotopic (exact) mass is 242 g/mol. The van der Waals surface area contributed by atoms with E-state index in [1.807, 2.05) is 13.8 Å². The van der Waals surface area contributed by atoms with Gasteiger partial charge in [0.25, 0.3) is 0 Å². The number of hydrogen-bond donors (Lipinski definition) is 1. The smallest absolute Gasteiger partial charge is 0.203 e.